The number of nitrogens with one attached hydrogen (secondary N) is 1. The van der Waals surface area contributed by atoms with Gasteiger partial charge in [-0.25, -0.2) is 0 Å². The third-order valence-electron chi connectivity index (χ3n) is 3.78. The summed E-state index contributed by atoms with van der Waals surface area (Å²) in [6, 6.07) is 10.5. The van der Waals surface area contributed by atoms with Gasteiger partial charge in [-0.15, -0.1) is 0 Å². The molecule has 0 aliphatic heterocycles. The fourth-order valence-corrected chi connectivity index (χ4v) is 2.82. The molecular formula is C14H17N3OS. The van der Waals surface area contributed by atoms with E-state index in [0.29, 0.717) is 11.4 Å². The summed E-state index contributed by atoms with van der Waals surface area (Å²) >= 11 is 5.32. The van der Waals surface area contributed by atoms with E-state index in [1.807, 2.05) is 6.07 Å². The average molecular weight is 275 g/mol. The van der Waals surface area contributed by atoms with Crippen molar-refractivity contribution in [3.8, 4) is 0 Å². The van der Waals surface area contributed by atoms with Gasteiger partial charge in [0.15, 0.2) is 4.77 Å². The zero-order valence-electron chi connectivity index (χ0n) is 10.9. The Morgan fingerprint density at radius 3 is 2.74 bits per heavy atom. The Morgan fingerprint density at radius 2 is 2.11 bits per heavy atom. The van der Waals surface area contributed by atoms with Gasteiger partial charge in [-0.1, -0.05) is 30.3 Å². The number of H-pyrrole nitrogens is 1. The van der Waals surface area contributed by atoms with Crippen LogP contribution in [0.25, 0.3) is 0 Å². The molecule has 0 spiro atoms. The molecule has 1 saturated carbocycles. The molecule has 0 unspecified atom stereocenters. The minimum atomic E-state index is 0.0442. The van der Waals surface area contributed by atoms with Gasteiger partial charge >= 0.3 is 0 Å². The summed E-state index contributed by atoms with van der Waals surface area (Å²) in [5, 5.41) is 7.39. The SMILES string of the molecule is COCCn1c(C2(c3ccccc3)CC2)n[nH]c1=S. The molecule has 0 bridgehead atoms. The Bertz CT molecular complexity index is 613. The van der Waals surface area contributed by atoms with Crippen molar-refractivity contribution in [2.75, 3.05) is 13.7 Å². The van der Waals surface area contributed by atoms with E-state index in [1.165, 1.54) is 5.56 Å². The third kappa shape index (κ3) is 2.13. The second kappa shape index (κ2) is 4.90. The van der Waals surface area contributed by atoms with Gasteiger partial charge in [0.05, 0.1) is 18.6 Å². The summed E-state index contributed by atoms with van der Waals surface area (Å²) in [6.45, 7) is 1.39. The molecule has 4 nitrogen and oxygen atoms in total. The largest absolute Gasteiger partial charge is 0.383 e. The molecule has 1 aliphatic carbocycles. The summed E-state index contributed by atoms with van der Waals surface area (Å²) in [6.07, 6.45) is 2.26. The molecule has 1 aromatic heterocycles. The van der Waals surface area contributed by atoms with Gasteiger partial charge in [0.25, 0.3) is 0 Å². The second-order valence-electron chi connectivity index (χ2n) is 4.94. The molecule has 0 radical (unpaired) electrons. The normalized spacial score (nSPS) is 16.5. The average Bonchev–Trinajstić information content (AvgIpc) is 3.17. The van der Waals surface area contributed by atoms with E-state index in [9.17, 15) is 0 Å². The molecule has 0 amide bonds. The second-order valence-corrected chi connectivity index (χ2v) is 5.33. The van der Waals surface area contributed by atoms with Crippen LogP contribution < -0.4 is 0 Å². The van der Waals surface area contributed by atoms with Gasteiger partial charge in [0.1, 0.15) is 5.82 Å². The van der Waals surface area contributed by atoms with Crippen molar-refractivity contribution in [1.29, 1.82) is 0 Å². The highest BCUT2D eigenvalue weighted by Gasteiger charge is 2.49. The van der Waals surface area contributed by atoms with Crippen molar-refractivity contribution in [2.24, 2.45) is 0 Å². The molecular weight excluding hydrogens is 258 g/mol. The summed E-state index contributed by atoms with van der Waals surface area (Å²) in [5.41, 5.74) is 1.37. The van der Waals surface area contributed by atoms with E-state index in [0.717, 1.165) is 25.2 Å². The van der Waals surface area contributed by atoms with Gasteiger partial charge in [-0.05, 0) is 30.6 Å². The summed E-state index contributed by atoms with van der Waals surface area (Å²) in [5.74, 6) is 1.04. The van der Waals surface area contributed by atoms with Gasteiger partial charge in [-0.2, -0.15) is 5.10 Å². The van der Waals surface area contributed by atoms with Gasteiger partial charge in [-0.3, -0.25) is 5.10 Å². The van der Waals surface area contributed by atoms with E-state index < -0.39 is 0 Å². The van der Waals surface area contributed by atoms with E-state index >= 15 is 0 Å². The monoisotopic (exact) mass is 275 g/mol. The molecule has 3 rings (SSSR count). The predicted octanol–water partition coefficient (Wildman–Crippen LogP) is 2.67. The van der Waals surface area contributed by atoms with Gasteiger partial charge in [0.2, 0.25) is 0 Å². The maximum Gasteiger partial charge on any atom is 0.195 e. The van der Waals surface area contributed by atoms with E-state index in [-0.39, 0.29) is 5.41 Å². The molecule has 0 saturated heterocycles. The van der Waals surface area contributed by atoms with Crippen LogP contribution in [0.3, 0.4) is 0 Å². The number of aromatic amines is 1. The van der Waals surface area contributed by atoms with Crippen LogP contribution in [0.15, 0.2) is 30.3 Å². The van der Waals surface area contributed by atoms with Crippen LogP contribution in [0.5, 0.6) is 0 Å². The molecule has 2 aromatic rings. The third-order valence-corrected chi connectivity index (χ3v) is 4.09. The maximum atomic E-state index is 5.32. The van der Waals surface area contributed by atoms with Gasteiger partial charge in [0, 0.05) is 7.11 Å². The van der Waals surface area contributed by atoms with E-state index in [1.54, 1.807) is 7.11 Å². The number of hydrogen-bond acceptors (Lipinski definition) is 3. The number of nitrogens with zero attached hydrogens (tertiary/aromatic N) is 2. The molecule has 1 aliphatic rings. The topological polar surface area (TPSA) is 42.8 Å². The van der Waals surface area contributed by atoms with Crippen molar-refractivity contribution in [1.82, 2.24) is 14.8 Å². The number of aromatic nitrogens is 3. The lowest BCUT2D eigenvalue weighted by Crippen LogP contribution is -2.18. The molecule has 1 fully saturated rings. The number of ether oxygens (including phenoxy) is 1. The molecule has 1 N–H and O–H groups in total. The van der Waals surface area contributed by atoms with Crippen LogP contribution in [-0.4, -0.2) is 28.5 Å². The fraction of sp³-hybridized carbons (Fsp3) is 0.429. The molecule has 5 heteroatoms. The van der Waals surface area contributed by atoms with Crippen LogP contribution in [0.4, 0.5) is 0 Å². The Labute approximate surface area is 117 Å². The minimum Gasteiger partial charge on any atom is -0.383 e. The van der Waals surface area contributed by atoms with Crippen LogP contribution in [-0.2, 0) is 16.7 Å². The van der Waals surface area contributed by atoms with E-state index in [4.69, 9.17) is 17.0 Å². The standard InChI is InChI=1S/C14H17N3OS/c1-18-10-9-17-12(15-16-13(17)19)14(7-8-14)11-5-3-2-4-6-11/h2-6H,7-10H2,1H3,(H,16,19). The molecule has 1 aromatic carbocycles. The first-order chi connectivity index (χ1) is 9.28. The molecule has 100 valence electrons. The summed E-state index contributed by atoms with van der Waals surface area (Å²) in [4.78, 5) is 0. The van der Waals surface area contributed by atoms with Crippen molar-refractivity contribution in [3.63, 3.8) is 0 Å². The highest BCUT2D eigenvalue weighted by molar-refractivity contribution is 7.71. The summed E-state index contributed by atoms with van der Waals surface area (Å²) < 4.78 is 7.90. The number of benzene rings is 1. The first-order valence-electron chi connectivity index (χ1n) is 6.48. The lowest BCUT2D eigenvalue weighted by Gasteiger charge is -2.16. The molecule has 1 heterocycles. The van der Waals surface area contributed by atoms with Crippen molar-refractivity contribution >= 4 is 12.2 Å². The van der Waals surface area contributed by atoms with Crippen molar-refractivity contribution < 1.29 is 4.74 Å². The first-order valence-corrected chi connectivity index (χ1v) is 6.89. The van der Waals surface area contributed by atoms with E-state index in [2.05, 4.69) is 39.0 Å². The molecule has 0 atom stereocenters. The highest BCUT2D eigenvalue weighted by atomic mass is 32.1. The fourth-order valence-electron chi connectivity index (χ4n) is 2.60. The Balaban J connectivity index is 2.01. The molecule has 19 heavy (non-hydrogen) atoms. The van der Waals surface area contributed by atoms with Crippen molar-refractivity contribution in [3.05, 3.63) is 46.5 Å². The Hall–Kier alpha value is -1.46. The highest BCUT2D eigenvalue weighted by Crippen LogP contribution is 2.52. The summed E-state index contributed by atoms with van der Waals surface area (Å²) in [7, 11) is 1.70. The number of hydrogen-bond donors (Lipinski definition) is 1. The van der Waals surface area contributed by atoms with Crippen molar-refractivity contribution in [2.45, 2.75) is 24.8 Å². The van der Waals surface area contributed by atoms with Crippen LogP contribution in [0.1, 0.15) is 24.2 Å². The van der Waals surface area contributed by atoms with Crippen LogP contribution in [0.2, 0.25) is 0 Å². The van der Waals surface area contributed by atoms with Crippen LogP contribution in [0, 0.1) is 4.77 Å². The first kappa shape index (κ1) is 12.6. The lowest BCUT2D eigenvalue weighted by atomic mass is 9.95. The lowest BCUT2D eigenvalue weighted by molar-refractivity contribution is 0.185. The maximum absolute atomic E-state index is 5.32. The Kier molecular flexibility index (Phi) is 3.24. The zero-order valence-corrected chi connectivity index (χ0v) is 11.7. The number of rotatable bonds is 5. The smallest absolute Gasteiger partial charge is 0.195 e. The number of methoxy groups -OCH3 is 1. The minimum absolute atomic E-state index is 0.0442. The predicted molar refractivity (Wildman–Crippen MR) is 75.7 cm³/mol. The quantitative estimate of drug-likeness (QED) is 0.853. The van der Waals surface area contributed by atoms with Crippen LogP contribution >= 0.6 is 12.2 Å². The Morgan fingerprint density at radius 1 is 1.37 bits per heavy atom. The van der Waals surface area contributed by atoms with Gasteiger partial charge < -0.3 is 9.30 Å². The zero-order chi connectivity index (χ0) is 13.3.